The quantitative estimate of drug-likeness (QED) is 0.246. The van der Waals surface area contributed by atoms with Crippen LogP contribution in [0.2, 0.25) is 0 Å². The highest BCUT2D eigenvalue weighted by atomic mass is 32.1. The Bertz CT molecular complexity index is 972. The van der Waals surface area contributed by atoms with E-state index in [4.69, 9.17) is 19.9 Å². The molecule has 0 saturated heterocycles. The van der Waals surface area contributed by atoms with Gasteiger partial charge in [0.1, 0.15) is 11.6 Å². The largest absolute Gasteiger partial charge is 0.477 e. The standard InChI is InChI=1S/C18H19N3O8S/c1-10-14(18(24)28-8-7-27-2)17(30-15(10)16(19)23)20-13(22)9-29-12-6-4-3-5-11(12)21(25)26/h3-6H,7-9H2,1-2H3,(H2,19,23)(H,20,22). The first kappa shape index (κ1) is 22.8. The molecule has 2 rings (SSSR count). The van der Waals surface area contributed by atoms with E-state index in [9.17, 15) is 24.5 Å². The molecule has 1 aromatic carbocycles. The summed E-state index contributed by atoms with van der Waals surface area (Å²) in [6.45, 7) is 1.09. The summed E-state index contributed by atoms with van der Waals surface area (Å²) < 4.78 is 15.1. The number of carbonyl (C=O) groups is 3. The number of thiophene rings is 1. The molecular formula is C18H19N3O8S. The minimum absolute atomic E-state index is 0.0102. The van der Waals surface area contributed by atoms with Crippen LogP contribution in [0.3, 0.4) is 0 Å². The molecule has 30 heavy (non-hydrogen) atoms. The second kappa shape index (κ2) is 10.3. The number of nitro groups is 1. The molecule has 0 radical (unpaired) electrons. The molecule has 2 aromatic rings. The molecule has 0 spiro atoms. The molecule has 0 atom stereocenters. The Kier molecular flexibility index (Phi) is 7.83. The number of primary amides is 1. The van der Waals surface area contributed by atoms with Gasteiger partial charge < -0.3 is 25.3 Å². The number of amides is 2. The van der Waals surface area contributed by atoms with Gasteiger partial charge in [-0.15, -0.1) is 11.3 Å². The Morgan fingerprint density at radius 3 is 2.57 bits per heavy atom. The number of rotatable bonds is 10. The van der Waals surface area contributed by atoms with Gasteiger partial charge in [-0.2, -0.15) is 0 Å². The van der Waals surface area contributed by atoms with Crippen LogP contribution in [0.25, 0.3) is 0 Å². The fourth-order valence-electron chi connectivity index (χ4n) is 2.41. The molecule has 0 saturated carbocycles. The Balaban J connectivity index is 2.17. The molecule has 12 heteroatoms. The van der Waals surface area contributed by atoms with Crippen LogP contribution in [0.5, 0.6) is 5.75 Å². The zero-order valence-electron chi connectivity index (χ0n) is 16.1. The summed E-state index contributed by atoms with van der Waals surface area (Å²) in [6, 6.07) is 5.58. The maximum absolute atomic E-state index is 12.4. The van der Waals surface area contributed by atoms with Crippen LogP contribution in [0.1, 0.15) is 25.6 Å². The Morgan fingerprint density at radius 1 is 1.23 bits per heavy atom. The summed E-state index contributed by atoms with van der Waals surface area (Å²) in [5.74, 6) is -2.31. The number of nitro benzene ring substituents is 1. The summed E-state index contributed by atoms with van der Waals surface area (Å²) in [6.07, 6.45) is 0. The molecule has 1 aromatic heterocycles. The van der Waals surface area contributed by atoms with Crippen LogP contribution < -0.4 is 15.8 Å². The molecule has 3 N–H and O–H groups in total. The minimum atomic E-state index is -0.764. The first-order chi connectivity index (χ1) is 14.3. The van der Waals surface area contributed by atoms with Crippen molar-refractivity contribution in [2.45, 2.75) is 6.92 Å². The number of methoxy groups -OCH3 is 1. The summed E-state index contributed by atoms with van der Waals surface area (Å²) in [5.41, 5.74) is 5.29. The van der Waals surface area contributed by atoms with Crippen LogP contribution in [0.15, 0.2) is 24.3 Å². The highest BCUT2D eigenvalue weighted by Crippen LogP contribution is 2.33. The van der Waals surface area contributed by atoms with Gasteiger partial charge in [-0.1, -0.05) is 12.1 Å². The van der Waals surface area contributed by atoms with Crippen molar-refractivity contribution in [1.82, 2.24) is 0 Å². The third-order valence-electron chi connectivity index (χ3n) is 3.77. The van der Waals surface area contributed by atoms with Crippen molar-refractivity contribution in [3.63, 3.8) is 0 Å². The number of nitrogens with two attached hydrogens (primary N) is 1. The van der Waals surface area contributed by atoms with Gasteiger partial charge in [-0.3, -0.25) is 19.7 Å². The molecule has 11 nitrogen and oxygen atoms in total. The number of anilines is 1. The third kappa shape index (κ3) is 5.52. The van der Waals surface area contributed by atoms with Crippen LogP contribution in [-0.2, 0) is 14.3 Å². The van der Waals surface area contributed by atoms with Crippen LogP contribution in [0.4, 0.5) is 10.7 Å². The van der Waals surface area contributed by atoms with E-state index in [1.807, 2.05) is 0 Å². The number of ether oxygens (including phenoxy) is 3. The zero-order valence-corrected chi connectivity index (χ0v) is 16.9. The lowest BCUT2D eigenvalue weighted by Gasteiger charge is -2.09. The van der Waals surface area contributed by atoms with Crippen molar-refractivity contribution in [2.24, 2.45) is 5.73 Å². The number of nitrogens with one attached hydrogen (secondary N) is 1. The summed E-state index contributed by atoms with van der Waals surface area (Å²) in [4.78, 5) is 46.8. The number of para-hydroxylation sites is 2. The third-order valence-corrected chi connectivity index (χ3v) is 4.99. The molecule has 0 aliphatic rings. The average molecular weight is 437 g/mol. The van der Waals surface area contributed by atoms with Gasteiger partial charge in [0.2, 0.25) is 0 Å². The number of benzene rings is 1. The molecule has 160 valence electrons. The van der Waals surface area contributed by atoms with Gasteiger partial charge >= 0.3 is 11.7 Å². The molecule has 0 bridgehead atoms. The molecule has 0 unspecified atom stereocenters. The summed E-state index contributed by atoms with van der Waals surface area (Å²) in [7, 11) is 1.44. The number of carbonyl (C=O) groups excluding carboxylic acids is 3. The van der Waals surface area contributed by atoms with E-state index in [0.717, 1.165) is 11.3 Å². The highest BCUT2D eigenvalue weighted by molar-refractivity contribution is 7.18. The lowest BCUT2D eigenvalue weighted by Crippen LogP contribution is -2.21. The molecule has 1 heterocycles. The molecule has 2 amide bonds. The molecule has 0 fully saturated rings. The van der Waals surface area contributed by atoms with Gasteiger partial charge in [-0.05, 0) is 18.6 Å². The van der Waals surface area contributed by atoms with Crippen molar-refractivity contribution >= 4 is 39.8 Å². The highest BCUT2D eigenvalue weighted by Gasteiger charge is 2.26. The smallest absolute Gasteiger partial charge is 0.341 e. The Labute approximate surface area is 174 Å². The molecule has 0 aliphatic heterocycles. The maximum Gasteiger partial charge on any atom is 0.341 e. The number of hydrogen-bond donors (Lipinski definition) is 2. The lowest BCUT2D eigenvalue weighted by molar-refractivity contribution is -0.385. The second-order valence-electron chi connectivity index (χ2n) is 5.81. The van der Waals surface area contributed by atoms with E-state index >= 15 is 0 Å². The number of esters is 1. The molecule has 0 aliphatic carbocycles. The van der Waals surface area contributed by atoms with Crippen LogP contribution in [0, 0.1) is 17.0 Å². The summed E-state index contributed by atoms with van der Waals surface area (Å²) in [5, 5.41) is 13.5. The predicted octanol–water partition coefficient (Wildman–Crippen LogP) is 1.88. The van der Waals surface area contributed by atoms with Crippen molar-refractivity contribution in [1.29, 1.82) is 0 Å². The zero-order chi connectivity index (χ0) is 22.3. The van der Waals surface area contributed by atoms with Crippen molar-refractivity contribution in [2.75, 3.05) is 32.2 Å². The molecular weight excluding hydrogens is 418 g/mol. The fourth-order valence-corrected chi connectivity index (χ4v) is 3.47. The van der Waals surface area contributed by atoms with Gasteiger partial charge in [0.05, 0.1) is 22.0 Å². The van der Waals surface area contributed by atoms with Crippen LogP contribution in [-0.4, -0.2) is 49.6 Å². The first-order valence-corrected chi connectivity index (χ1v) is 9.33. The maximum atomic E-state index is 12.4. The van der Waals surface area contributed by atoms with Crippen molar-refractivity contribution in [3.8, 4) is 5.75 Å². The van der Waals surface area contributed by atoms with E-state index in [0.29, 0.717) is 0 Å². The topological polar surface area (TPSA) is 160 Å². The lowest BCUT2D eigenvalue weighted by atomic mass is 10.1. The first-order valence-electron chi connectivity index (χ1n) is 8.51. The van der Waals surface area contributed by atoms with E-state index in [1.54, 1.807) is 0 Å². The monoisotopic (exact) mass is 437 g/mol. The SMILES string of the molecule is COCCOC(=O)c1c(NC(=O)COc2ccccc2[N+](=O)[O-])sc(C(N)=O)c1C. The Hall–Kier alpha value is -3.51. The van der Waals surface area contributed by atoms with Crippen LogP contribution >= 0.6 is 11.3 Å². The van der Waals surface area contributed by atoms with E-state index < -0.39 is 29.3 Å². The van der Waals surface area contributed by atoms with Gasteiger partial charge in [0.15, 0.2) is 12.4 Å². The van der Waals surface area contributed by atoms with E-state index in [2.05, 4.69) is 5.32 Å². The summed E-state index contributed by atoms with van der Waals surface area (Å²) >= 11 is 0.817. The number of hydrogen-bond acceptors (Lipinski definition) is 9. The second-order valence-corrected chi connectivity index (χ2v) is 6.84. The van der Waals surface area contributed by atoms with Crippen molar-refractivity contribution in [3.05, 3.63) is 50.4 Å². The Morgan fingerprint density at radius 2 is 1.93 bits per heavy atom. The van der Waals surface area contributed by atoms with E-state index in [1.165, 1.54) is 38.3 Å². The van der Waals surface area contributed by atoms with Gasteiger partial charge in [-0.25, -0.2) is 4.79 Å². The average Bonchev–Trinajstić information content (AvgIpc) is 3.02. The minimum Gasteiger partial charge on any atom is -0.477 e. The van der Waals surface area contributed by atoms with Crippen molar-refractivity contribution < 1.29 is 33.5 Å². The van der Waals surface area contributed by atoms with Gasteiger partial charge in [0.25, 0.3) is 11.8 Å². The number of nitrogens with zero attached hydrogens (tertiary/aromatic N) is 1. The predicted molar refractivity (Wildman–Crippen MR) is 107 cm³/mol. The normalized spacial score (nSPS) is 10.3. The van der Waals surface area contributed by atoms with E-state index in [-0.39, 0.29) is 45.7 Å². The fraction of sp³-hybridized carbons (Fsp3) is 0.278. The van der Waals surface area contributed by atoms with Gasteiger partial charge in [0, 0.05) is 13.2 Å².